The quantitative estimate of drug-likeness (QED) is 0.746. The standard InChI is InChI=1S/C10H22O.C2H4O2/c1-8(2)5-6-10(7-11)9(3)4;1-2(3)4/h8-11H,5-7H2,1-4H3;1H3,(H,3,4). The van der Waals surface area contributed by atoms with Crippen LogP contribution in [0.1, 0.15) is 47.5 Å². The SMILES string of the molecule is CC(=O)O.CC(C)CCC(CO)C(C)C. The smallest absolute Gasteiger partial charge is 0.300 e. The number of carboxylic acid groups (broad SMARTS) is 1. The van der Waals surface area contributed by atoms with E-state index in [0.717, 1.165) is 12.8 Å². The molecule has 0 aliphatic rings. The highest BCUT2D eigenvalue weighted by molar-refractivity contribution is 5.62. The molecule has 15 heavy (non-hydrogen) atoms. The van der Waals surface area contributed by atoms with Gasteiger partial charge in [-0.3, -0.25) is 4.79 Å². The van der Waals surface area contributed by atoms with Crippen molar-refractivity contribution in [2.45, 2.75) is 47.5 Å². The Balaban J connectivity index is 0. The van der Waals surface area contributed by atoms with Gasteiger partial charge >= 0.3 is 0 Å². The molecule has 2 N–H and O–H groups in total. The summed E-state index contributed by atoms with van der Waals surface area (Å²) in [5.74, 6) is 1.07. The fourth-order valence-corrected chi connectivity index (χ4v) is 1.18. The zero-order chi connectivity index (χ0) is 12.4. The summed E-state index contributed by atoms with van der Waals surface area (Å²) in [7, 11) is 0. The molecular formula is C12H26O3. The van der Waals surface area contributed by atoms with E-state index in [-0.39, 0.29) is 0 Å². The Morgan fingerprint density at radius 3 is 1.73 bits per heavy atom. The number of carbonyl (C=O) groups is 1. The lowest BCUT2D eigenvalue weighted by Crippen LogP contribution is -2.13. The number of aliphatic hydroxyl groups excluding tert-OH is 1. The van der Waals surface area contributed by atoms with Crippen LogP contribution < -0.4 is 0 Å². The third kappa shape index (κ3) is 16.1. The molecule has 0 aromatic rings. The number of hydrogen-bond acceptors (Lipinski definition) is 2. The largest absolute Gasteiger partial charge is 0.481 e. The van der Waals surface area contributed by atoms with E-state index in [1.54, 1.807) is 0 Å². The molecule has 3 heteroatoms. The van der Waals surface area contributed by atoms with Gasteiger partial charge in [-0.15, -0.1) is 0 Å². The maximum atomic E-state index is 9.01. The van der Waals surface area contributed by atoms with Crippen LogP contribution in [-0.4, -0.2) is 22.8 Å². The fraction of sp³-hybridized carbons (Fsp3) is 0.917. The highest BCUT2D eigenvalue weighted by atomic mass is 16.4. The molecule has 0 aliphatic heterocycles. The summed E-state index contributed by atoms with van der Waals surface area (Å²) in [6.45, 7) is 10.3. The first-order valence-corrected chi connectivity index (χ1v) is 5.61. The third-order valence-electron chi connectivity index (χ3n) is 2.29. The van der Waals surface area contributed by atoms with Crippen LogP contribution in [0.3, 0.4) is 0 Å². The van der Waals surface area contributed by atoms with Gasteiger partial charge in [-0.2, -0.15) is 0 Å². The molecular weight excluding hydrogens is 192 g/mol. The first kappa shape index (κ1) is 16.8. The number of hydrogen-bond donors (Lipinski definition) is 2. The van der Waals surface area contributed by atoms with Gasteiger partial charge in [-0.05, 0) is 24.2 Å². The van der Waals surface area contributed by atoms with Gasteiger partial charge < -0.3 is 10.2 Å². The summed E-state index contributed by atoms with van der Waals surface area (Å²) in [6.07, 6.45) is 2.41. The second kappa shape index (κ2) is 9.97. The van der Waals surface area contributed by atoms with Crippen molar-refractivity contribution < 1.29 is 15.0 Å². The van der Waals surface area contributed by atoms with Crippen LogP contribution in [-0.2, 0) is 4.79 Å². The number of aliphatic hydroxyl groups is 1. The van der Waals surface area contributed by atoms with Crippen LogP contribution in [0.2, 0.25) is 0 Å². The molecule has 0 bridgehead atoms. The van der Waals surface area contributed by atoms with Crippen LogP contribution >= 0.6 is 0 Å². The Kier molecular flexibility index (Phi) is 11.2. The van der Waals surface area contributed by atoms with Crippen molar-refractivity contribution in [3.05, 3.63) is 0 Å². The lowest BCUT2D eigenvalue weighted by Gasteiger charge is -2.18. The van der Waals surface area contributed by atoms with E-state index < -0.39 is 5.97 Å². The minimum absolute atomic E-state index is 0.352. The third-order valence-corrected chi connectivity index (χ3v) is 2.29. The Morgan fingerprint density at radius 2 is 1.53 bits per heavy atom. The van der Waals surface area contributed by atoms with Crippen molar-refractivity contribution in [3.8, 4) is 0 Å². The summed E-state index contributed by atoms with van der Waals surface area (Å²) in [6, 6.07) is 0. The molecule has 0 aromatic carbocycles. The van der Waals surface area contributed by atoms with Gasteiger partial charge in [0.05, 0.1) is 0 Å². The molecule has 92 valence electrons. The molecule has 0 fully saturated rings. The lowest BCUT2D eigenvalue weighted by atomic mass is 9.89. The first-order chi connectivity index (χ1) is 6.81. The fourth-order valence-electron chi connectivity index (χ4n) is 1.18. The van der Waals surface area contributed by atoms with E-state index in [9.17, 15) is 0 Å². The predicted octanol–water partition coefficient (Wildman–Crippen LogP) is 2.78. The first-order valence-electron chi connectivity index (χ1n) is 5.61. The number of rotatable bonds is 5. The van der Waals surface area contributed by atoms with Gasteiger partial charge in [0.2, 0.25) is 0 Å². The van der Waals surface area contributed by atoms with E-state index in [1.807, 2.05) is 0 Å². The molecule has 0 heterocycles. The van der Waals surface area contributed by atoms with Gasteiger partial charge in [0.25, 0.3) is 5.97 Å². The monoisotopic (exact) mass is 218 g/mol. The maximum Gasteiger partial charge on any atom is 0.300 e. The Labute approximate surface area is 93.5 Å². The molecule has 0 aromatic heterocycles. The Hall–Kier alpha value is -0.570. The highest BCUT2D eigenvalue weighted by Crippen LogP contribution is 2.18. The average molecular weight is 218 g/mol. The van der Waals surface area contributed by atoms with Crippen molar-refractivity contribution in [2.75, 3.05) is 6.61 Å². The van der Waals surface area contributed by atoms with Crippen LogP contribution in [0.15, 0.2) is 0 Å². The summed E-state index contributed by atoms with van der Waals surface area (Å²) in [5, 5.41) is 16.4. The molecule has 3 nitrogen and oxygen atoms in total. The van der Waals surface area contributed by atoms with Gasteiger partial charge in [-0.25, -0.2) is 0 Å². The van der Waals surface area contributed by atoms with E-state index in [1.165, 1.54) is 12.8 Å². The minimum Gasteiger partial charge on any atom is -0.481 e. The van der Waals surface area contributed by atoms with Gasteiger partial charge in [0.1, 0.15) is 0 Å². The predicted molar refractivity (Wildman–Crippen MR) is 62.8 cm³/mol. The number of aliphatic carboxylic acids is 1. The Bertz CT molecular complexity index is 149. The number of carboxylic acids is 1. The van der Waals surface area contributed by atoms with E-state index in [2.05, 4.69) is 27.7 Å². The van der Waals surface area contributed by atoms with Gasteiger partial charge in [-0.1, -0.05) is 34.1 Å². The second-order valence-corrected chi connectivity index (χ2v) is 4.68. The van der Waals surface area contributed by atoms with Crippen LogP contribution in [0.4, 0.5) is 0 Å². The normalized spacial score (nSPS) is 12.3. The second-order valence-electron chi connectivity index (χ2n) is 4.68. The molecule has 0 saturated carbocycles. The average Bonchev–Trinajstić information content (AvgIpc) is 2.02. The van der Waals surface area contributed by atoms with Crippen LogP contribution in [0, 0.1) is 17.8 Å². The topological polar surface area (TPSA) is 57.5 Å². The van der Waals surface area contributed by atoms with E-state index in [4.69, 9.17) is 15.0 Å². The zero-order valence-corrected chi connectivity index (χ0v) is 10.7. The van der Waals surface area contributed by atoms with Crippen molar-refractivity contribution in [2.24, 2.45) is 17.8 Å². The Morgan fingerprint density at radius 1 is 1.13 bits per heavy atom. The summed E-state index contributed by atoms with van der Waals surface area (Å²) in [4.78, 5) is 9.00. The van der Waals surface area contributed by atoms with Crippen LogP contribution in [0.25, 0.3) is 0 Å². The molecule has 0 rings (SSSR count). The van der Waals surface area contributed by atoms with Gasteiger partial charge in [0, 0.05) is 13.5 Å². The van der Waals surface area contributed by atoms with E-state index >= 15 is 0 Å². The summed E-state index contributed by atoms with van der Waals surface area (Å²) >= 11 is 0. The van der Waals surface area contributed by atoms with Gasteiger partial charge in [0.15, 0.2) is 0 Å². The van der Waals surface area contributed by atoms with Crippen molar-refractivity contribution >= 4 is 5.97 Å². The molecule has 0 spiro atoms. The molecule has 1 unspecified atom stereocenters. The highest BCUT2D eigenvalue weighted by Gasteiger charge is 2.11. The molecule has 0 aliphatic carbocycles. The summed E-state index contributed by atoms with van der Waals surface area (Å²) in [5.41, 5.74) is 0. The molecule has 0 saturated heterocycles. The molecule has 0 radical (unpaired) electrons. The summed E-state index contributed by atoms with van der Waals surface area (Å²) < 4.78 is 0. The zero-order valence-electron chi connectivity index (χ0n) is 10.7. The van der Waals surface area contributed by atoms with Crippen molar-refractivity contribution in [3.63, 3.8) is 0 Å². The van der Waals surface area contributed by atoms with Crippen LogP contribution in [0.5, 0.6) is 0 Å². The minimum atomic E-state index is -0.833. The molecule has 1 atom stereocenters. The van der Waals surface area contributed by atoms with Crippen molar-refractivity contribution in [1.82, 2.24) is 0 Å². The molecule has 0 amide bonds. The lowest BCUT2D eigenvalue weighted by molar-refractivity contribution is -0.134. The van der Waals surface area contributed by atoms with Crippen molar-refractivity contribution in [1.29, 1.82) is 0 Å². The maximum absolute atomic E-state index is 9.01. The van der Waals surface area contributed by atoms with E-state index in [0.29, 0.717) is 18.4 Å².